The van der Waals surface area contributed by atoms with Gasteiger partial charge < -0.3 is 29.5 Å². The molecule has 0 saturated carbocycles. The number of alkyl halides is 1. The summed E-state index contributed by atoms with van der Waals surface area (Å²) in [6, 6.07) is 6.33. The molecule has 7 rings (SSSR count). The molecule has 2 aromatic heterocycles. The number of benzene rings is 2. The predicted molar refractivity (Wildman–Crippen MR) is 207 cm³/mol. The van der Waals surface area contributed by atoms with E-state index in [0.29, 0.717) is 48.1 Å². The molecule has 4 atom stereocenters. The molecule has 5 heterocycles. The highest BCUT2D eigenvalue weighted by atomic mass is 19.1. The molecule has 15 heteroatoms. The molecule has 3 fully saturated rings. The molecular weight excluding hydrogens is 729 g/mol. The van der Waals surface area contributed by atoms with Gasteiger partial charge in [-0.3, -0.25) is 19.5 Å². The van der Waals surface area contributed by atoms with Gasteiger partial charge in [-0.2, -0.15) is 9.97 Å². The Kier molecular flexibility index (Phi) is 14.3. The second-order valence-electron chi connectivity index (χ2n) is 14.7. The number of terminal acetylenes is 1. The number of esters is 1. The molecule has 0 radical (unpaired) electrons. The highest BCUT2D eigenvalue weighted by Gasteiger charge is 2.35. The second kappa shape index (κ2) is 19.1. The number of hydrogen-bond donors (Lipinski definition) is 2. The number of phenolic OH excluding ortho intramolecular Hbond substituents is 1. The number of phenols is 1. The topological polar surface area (TPSA) is 139 Å². The van der Waals surface area contributed by atoms with Crippen molar-refractivity contribution < 1.29 is 42.1 Å². The van der Waals surface area contributed by atoms with E-state index in [-0.39, 0.29) is 70.7 Å². The number of likely N-dealkylation sites (N-methyl/N-ethyl adjacent to an activating group) is 1. The highest BCUT2D eigenvalue weighted by molar-refractivity contribution is 6.03. The first kappa shape index (κ1) is 42.0. The molecule has 0 spiro atoms. The molecule has 300 valence electrons. The van der Waals surface area contributed by atoms with E-state index in [9.17, 15) is 23.5 Å². The third-order valence-corrected chi connectivity index (χ3v) is 10.0. The van der Waals surface area contributed by atoms with Crippen LogP contribution >= 0.6 is 0 Å². The zero-order valence-corrected chi connectivity index (χ0v) is 32.4. The number of carbonyl (C=O) groups is 2. The largest absolute Gasteiger partial charge is 0.508 e. The number of fused-ring (bicyclic) bond motifs is 3. The maximum absolute atomic E-state index is 16.2. The molecule has 2 N–H and O–H groups in total. The summed E-state index contributed by atoms with van der Waals surface area (Å²) in [6.07, 6.45) is 11.3. The zero-order valence-electron chi connectivity index (χ0n) is 32.4. The van der Waals surface area contributed by atoms with Gasteiger partial charge in [-0.1, -0.05) is 32.8 Å². The minimum Gasteiger partial charge on any atom is -0.508 e. The summed E-state index contributed by atoms with van der Waals surface area (Å²) in [5, 5.41) is 14.8. The Morgan fingerprint density at radius 2 is 1.96 bits per heavy atom. The molecule has 0 aliphatic carbocycles. The fraction of sp³-hybridized carbons (Fsp3) is 0.488. The van der Waals surface area contributed by atoms with Crippen molar-refractivity contribution in [2.75, 3.05) is 52.0 Å². The van der Waals surface area contributed by atoms with Gasteiger partial charge in [-0.05, 0) is 74.7 Å². The molecule has 12 nitrogen and oxygen atoms in total. The maximum atomic E-state index is 16.2. The second-order valence-corrected chi connectivity index (χ2v) is 14.7. The van der Waals surface area contributed by atoms with Gasteiger partial charge in [0.25, 0.3) is 6.47 Å². The summed E-state index contributed by atoms with van der Waals surface area (Å²) in [7, 11) is 3.34. The summed E-state index contributed by atoms with van der Waals surface area (Å²) in [5.41, 5.74) is 0.0246. The third kappa shape index (κ3) is 9.96. The van der Waals surface area contributed by atoms with Crippen molar-refractivity contribution in [2.24, 2.45) is 11.8 Å². The summed E-state index contributed by atoms with van der Waals surface area (Å²) in [4.78, 5) is 37.9. The van der Waals surface area contributed by atoms with E-state index in [0.717, 1.165) is 25.9 Å². The Bertz CT molecular complexity index is 2050. The number of carbonyl (C=O) groups excluding carboxylic acids is 2. The fourth-order valence-electron chi connectivity index (χ4n) is 7.57. The molecule has 2 aromatic carbocycles. The van der Waals surface area contributed by atoms with Crippen LogP contribution in [0.1, 0.15) is 58.4 Å². The van der Waals surface area contributed by atoms with Gasteiger partial charge in [0, 0.05) is 55.3 Å². The monoisotopic (exact) mass is 778 g/mol. The summed E-state index contributed by atoms with van der Waals surface area (Å²) in [5.74, 6) is 1.68. The van der Waals surface area contributed by atoms with Crippen LogP contribution in [-0.2, 0) is 19.1 Å². The number of halogens is 3. The Morgan fingerprint density at radius 1 is 1.18 bits per heavy atom. The van der Waals surface area contributed by atoms with E-state index in [1.165, 1.54) is 50.4 Å². The maximum Gasteiger partial charge on any atom is 0.318 e. The fourth-order valence-corrected chi connectivity index (χ4v) is 7.57. The Morgan fingerprint density at radius 3 is 2.64 bits per heavy atom. The number of hydrogen-bond acceptors (Lipinski definition) is 12. The Balaban J connectivity index is 0.000000243. The zero-order chi connectivity index (χ0) is 40.5. The molecule has 3 unspecified atom stereocenters. The molecule has 56 heavy (non-hydrogen) atoms. The van der Waals surface area contributed by atoms with Crippen LogP contribution in [-0.4, -0.2) is 103 Å². The number of methoxy groups -OCH3 is 1. The molecule has 3 aliphatic heterocycles. The van der Waals surface area contributed by atoms with Crippen molar-refractivity contribution in [3.63, 3.8) is 0 Å². The van der Waals surface area contributed by atoms with Gasteiger partial charge in [-0.25, -0.2) is 13.2 Å². The summed E-state index contributed by atoms with van der Waals surface area (Å²) >= 11 is 0. The molecule has 3 aliphatic rings. The van der Waals surface area contributed by atoms with E-state index in [1.54, 1.807) is 0 Å². The molecule has 4 aromatic rings. The molecule has 0 bridgehead atoms. The van der Waals surface area contributed by atoms with Crippen molar-refractivity contribution in [3.8, 4) is 35.4 Å². The smallest absolute Gasteiger partial charge is 0.318 e. The van der Waals surface area contributed by atoms with E-state index >= 15 is 4.39 Å². The van der Waals surface area contributed by atoms with Crippen LogP contribution in [0, 0.1) is 35.8 Å². The quantitative estimate of drug-likeness (QED) is 0.0663. The van der Waals surface area contributed by atoms with Crippen LogP contribution in [0.4, 0.5) is 19.0 Å². The SMILES string of the molecule is C#Cc1c(F)ccc2cc(O)cc(-c3ncc4c(N5CC(C)CC(NC)C5)nc(OC)nc4c3F)c12.CC(C)CC(=O)OCOC=O.F[C@@H]1CC2CCCN2C1. The van der Waals surface area contributed by atoms with Gasteiger partial charge in [0.1, 0.15) is 34.8 Å². The van der Waals surface area contributed by atoms with Gasteiger partial charge in [-0.15, -0.1) is 6.42 Å². The molecular formula is C41H49F3N6O6. The first-order valence-electron chi connectivity index (χ1n) is 18.7. The number of nitrogens with one attached hydrogen (secondary N) is 1. The number of aromatic nitrogens is 3. The molecule has 3 saturated heterocycles. The number of pyridine rings is 1. The van der Waals surface area contributed by atoms with Crippen molar-refractivity contribution in [2.45, 2.75) is 71.1 Å². The normalized spacial score (nSPS) is 20.4. The van der Waals surface area contributed by atoms with Crippen molar-refractivity contribution in [1.82, 2.24) is 25.2 Å². The van der Waals surface area contributed by atoms with Gasteiger partial charge in [0.15, 0.2) is 5.82 Å². The van der Waals surface area contributed by atoms with Crippen LogP contribution in [0.3, 0.4) is 0 Å². The lowest BCUT2D eigenvalue weighted by molar-refractivity contribution is -0.160. The van der Waals surface area contributed by atoms with Crippen LogP contribution in [0.25, 0.3) is 32.9 Å². The van der Waals surface area contributed by atoms with Crippen molar-refractivity contribution >= 4 is 39.9 Å². The third-order valence-electron chi connectivity index (χ3n) is 10.0. The van der Waals surface area contributed by atoms with E-state index in [1.807, 2.05) is 20.9 Å². The van der Waals surface area contributed by atoms with Gasteiger partial charge in [0.2, 0.25) is 6.79 Å². The average Bonchev–Trinajstić information content (AvgIpc) is 3.75. The number of rotatable bonds is 9. The summed E-state index contributed by atoms with van der Waals surface area (Å²) in [6.45, 7) is 9.20. The average molecular weight is 779 g/mol. The van der Waals surface area contributed by atoms with Crippen LogP contribution in [0.15, 0.2) is 30.5 Å². The Hall–Kier alpha value is -5.20. The summed E-state index contributed by atoms with van der Waals surface area (Å²) < 4.78 is 57.3. The van der Waals surface area contributed by atoms with Crippen molar-refractivity contribution in [3.05, 3.63) is 47.7 Å². The molecule has 0 amide bonds. The van der Waals surface area contributed by atoms with Crippen LogP contribution < -0.4 is 15.0 Å². The van der Waals surface area contributed by atoms with Crippen LogP contribution in [0.2, 0.25) is 0 Å². The first-order chi connectivity index (χ1) is 26.9. The minimum absolute atomic E-state index is 0.0104. The number of piperidine rings is 1. The lowest BCUT2D eigenvalue weighted by atomic mass is 9.95. The standard InChI is InChI=1S/C27H25F2N5O2.C7H12FN.C7H12O4/c1-5-18-21(28)7-6-15-9-17(35)10-19(22(15)18)24-23(29)25-20(11-31-24)26(33-27(32-25)36-4)34-12-14(2)8-16(13-34)30-3;8-6-4-7-2-1-3-9(7)5-6;1-6(2)3-7(9)11-5-10-4-8/h1,6-7,9-11,14,16,30,35H,8,12-13H2,2-4H3;6-7H,1-5H2;4,6H,3,5H2,1-2H3/t;6-,7?;/m.1./s1. The lowest BCUT2D eigenvalue weighted by Crippen LogP contribution is -2.48. The van der Waals surface area contributed by atoms with E-state index < -0.39 is 17.8 Å². The number of nitrogens with zero attached hydrogens (tertiary/aromatic N) is 5. The van der Waals surface area contributed by atoms with Crippen LogP contribution in [0.5, 0.6) is 11.8 Å². The van der Waals surface area contributed by atoms with Gasteiger partial charge in [0.05, 0.1) is 18.1 Å². The predicted octanol–water partition coefficient (Wildman–Crippen LogP) is 6.15. The minimum atomic E-state index is -0.746. The highest BCUT2D eigenvalue weighted by Crippen LogP contribution is 2.39. The number of anilines is 1. The van der Waals surface area contributed by atoms with E-state index in [2.05, 4.69) is 52.4 Å². The first-order valence-corrected chi connectivity index (χ1v) is 18.7. The van der Waals surface area contributed by atoms with Crippen molar-refractivity contribution in [1.29, 1.82) is 0 Å². The lowest BCUT2D eigenvalue weighted by Gasteiger charge is -2.37. The van der Waals surface area contributed by atoms with Gasteiger partial charge >= 0.3 is 12.0 Å². The number of ether oxygens (including phenoxy) is 3. The van der Waals surface area contributed by atoms with E-state index in [4.69, 9.17) is 11.2 Å². The number of aromatic hydroxyl groups is 1. The Labute approximate surface area is 324 Å².